The van der Waals surface area contributed by atoms with Gasteiger partial charge < -0.3 is 28.4 Å². The maximum atomic E-state index is 5.72. The van der Waals surface area contributed by atoms with E-state index in [-0.39, 0.29) is 0 Å². The van der Waals surface area contributed by atoms with Crippen molar-refractivity contribution in [3.63, 3.8) is 0 Å². The van der Waals surface area contributed by atoms with E-state index >= 15 is 0 Å². The molecule has 0 aromatic heterocycles. The van der Waals surface area contributed by atoms with Gasteiger partial charge in [0.15, 0.2) is 0 Å². The quantitative estimate of drug-likeness (QED) is 0.192. The Bertz CT molecular complexity index is 479. The Hall–Kier alpha value is 0.200. The van der Waals surface area contributed by atoms with E-state index in [0.29, 0.717) is 89.3 Å². The normalized spacial score (nSPS) is 11.0. The predicted octanol–water partition coefficient (Wildman–Crippen LogP) is 4.51. The third-order valence-electron chi connectivity index (χ3n) is 3.14. The third kappa shape index (κ3) is 12.7. The Morgan fingerprint density at radius 2 is 0.857 bits per heavy atom. The summed E-state index contributed by atoms with van der Waals surface area (Å²) < 4.78 is 34.3. The molecular weight excluding hydrogens is 543 g/mol. The fraction of sp³-hybridized carbons (Fsp3) is 0.667. The Balaban J connectivity index is 2.20. The van der Waals surface area contributed by atoms with E-state index in [9.17, 15) is 0 Å². The molecule has 0 aliphatic rings. The summed E-state index contributed by atoms with van der Waals surface area (Å²) in [5.41, 5.74) is 0. The largest absolute Gasteiger partial charge is 0.490 e. The second-order valence-corrected chi connectivity index (χ2v) is 7.70. The van der Waals surface area contributed by atoms with Gasteiger partial charge in [-0.1, -0.05) is 0 Å². The first kappa shape index (κ1) is 26.2. The molecule has 0 atom stereocenters. The molecule has 0 aliphatic heterocycles. The van der Waals surface area contributed by atoms with Crippen LogP contribution in [0, 0.1) is 0 Å². The van der Waals surface area contributed by atoms with Gasteiger partial charge in [0.05, 0.1) is 61.8 Å². The Labute approximate surface area is 193 Å². The molecule has 0 N–H and O–H groups in total. The maximum absolute atomic E-state index is 5.72. The van der Waals surface area contributed by atoms with Gasteiger partial charge in [-0.3, -0.25) is 0 Å². The van der Waals surface area contributed by atoms with Gasteiger partial charge in [0.2, 0.25) is 0 Å². The molecule has 0 radical (unpaired) electrons. The van der Waals surface area contributed by atoms with E-state index in [1.807, 2.05) is 12.1 Å². The highest BCUT2D eigenvalue weighted by Crippen LogP contribution is 2.36. The molecule has 162 valence electrons. The lowest BCUT2D eigenvalue weighted by Gasteiger charge is -2.13. The number of hydrogen-bond acceptors (Lipinski definition) is 6. The van der Waals surface area contributed by atoms with Gasteiger partial charge in [0, 0.05) is 11.8 Å². The molecule has 0 aliphatic carbocycles. The molecule has 0 saturated heterocycles. The molecule has 1 aromatic rings. The first-order chi connectivity index (χ1) is 13.7. The van der Waals surface area contributed by atoms with Crippen molar-refractivity contribution in [1.82, 2.24) is 0 Å². The zero-order valence-corrected chi connectivity index (χ0v) is 20.3. The van der Waals surface area contributed by atoms with E-state index in [1.165, 1.54) is 0 Å². The zero-order valence-electron chi connectivity index (χ0n) is 15.6. The Kier molecular flexibility index (Phi) is 16.9. The van der Waals surface area contributed by atoms with Gasteiger partial charge in [0.1, 0.15) is 24.7 Å². The average molecular weight is 569 g/mol. The zero-order chi connectivity index (χ0) is 20.5. The number of hydrogen-bond donors (Lipinski definition) is 0. The molecule has 6 nitrogen and oxygen atoms in total. The van der Waals surface area contributed by atoms with Crippen molar-refractivity contribution in [2.75, 3.05) is 77.8 Å². The molecule has 0 unspecified atom stereocenters. The van der Waals surface area contributed by atoms with Crippen LogP contribution < -0.4 is 9.47 Å². The molecule has 0 fully saturated rings. The van der Waals surface area contributed by atoms with Crippen LogP contribution in [0.1, 0.15) is 0 Å². The number of rotatable bonds is 18. The molecule has 1 rings (SSSR count). The minimum absolute atomic E-state index is 0.431. The molecule has 0 heterocycles. The van der Waals surface area contributed by atoms with Crippen LogP contribution in [0.25, 0.3) is 0 Å². The number of ether oxygens (including phenoxy) is 6. The highest BCUT2D eigenvalue weighted by atomic mass is 79.9. The van der Waals surface area contributed by atoms with Gasteiger partial charge in [-0.15, -0.1) is 23.2 Å². The molecule has 0 bridgehead atoms. The predicted molar refractivity (Wildman–Crippen MR) is 118 cm³/mol. The summed E-state index contributed by atoms with van der Waals surface area (Å²) in [5, 5.41) is 0. The Morgan fingerprint density at radius 1 is 0.536 bits per heavy atom. The standard InChI is InChI=1S/C18H26Br2Cl2O6/c19-15-14-18(28-12-10-26-8-6-24-4-2-22)16(20)13-17(15)27-11-9-25-7-5-23-3-1-21/h13-14H,1-12H2. The summed E-state index contributed by atoms with van der Waals surface area (Å²) in [6, 6.07) is 3.70. The summed E-state index contributed by atoms with van der Waals surface area (Å²) in [7, 11) is 0. The lowest BCUT2D eigenvalue weighted by molar-refractivity contribution is 0.0404. The van der Waals surface area contributed by atoms with Crippen molar-refractivity contribution in [3.05, 3.63) is 21.1 Å². The second kappa shape index (κ2) is 18.0. The van der Waals surface area contributed by atoms with Crippen molar-refractivity contribution in [2.45, 2.75) is 0 Å². The van der Waals surface area contributed by atoms with Crippen molar-refractivity contribution >= 4 is 55.1 Å². The third-order valence-corrected chi connectivity index (χ3v) is 4.69. The SMILES string of the molecule is ClCCOCCOCCOc1cc(Br)c(OCCOCCOCCCl)cc1Br. The van der Waals surface area contributed by atoms with E-state index in [1.54, 1.807) is 0 Å². The van der Waals surface area contributed by atoms with Gasteiger partial charge in [0.25, 0.3) is 0 Å². The first-order valence-electron chi connectivity index (χ1n) is 8.86. The number of alkyl halides is 2. The van der Waals surface area contributed by atoms with Crippen LogP contribution in [0.4, 0.5) is 0 Å². The number of halogens is 4. The molecule has 0 spiro atoms. The van der Waals surface area contributed by atoms with Gasteiger partial charge in [-0.2, -0.15) is 0 Å². The fourth-order valence-corrected chi connectivity index (χ4v) is 3.00. The van der Waals surface area contributed by atoms with Crippen LogP contribution in [-0.2, 0) is 18.9 Å². The van der Waals surface area contributed by atoms with E-state index in [2.05, 4.69) is 31.9 Å². The summed E-state index contributed by atoms with van der Waals surface area (Å²) in [4.78, 5) is 0. The van der Waals surface area contributed by atoms with Crippen molar-refractivity contribution in [1.29, 1.82) is 0 Å². The van der Waals surface area contributed by atoms with Crippen molar-refractivity contribution in [2.24, 2.45) is 0 Å². The minimum Gasteiger partial charge on any atom is -0.490 e. The van der Waals surface area contributed by atoms with Crippen LogP contribution in [0.15, 0.2) is 21.1 Å². The van der Waals surface area contributed by atoms with Gasteiger partial charge >= 0.3 is 0 Å². The highest BCUT2D eigenvalue weighted by Gasteiger charge is 2.09. The molecule has 1 aromatic carbocycles. The summed E-state index contributed by atoms with van der Waals surface area (Å²) >= 11 is 18.0. The number of benzene rings is 1. The smallest absolute Gasteiger partial charge is 0.134 e. The lowest BCUT2D eigenvalue weighted by Crippen LogP contribution is -2.12. The average Bonchev–Trinajstić information content (AvgIpc) is 2.69. The topological polar surface area (TPSA) is 55.4 Å². The lowest BCUT2D eigenvalue weighted by atomic mass is 10.3. The summed E-state index contributed by atoms with van der Waals surface area (Å²) in [6.45, 7) is 4.95. The van der Waals surface area contributed by atoms with Crippen molar-refractivity contribution in [3.8, 4) is 11.5 Å². The summed E-state index contributed by atoms with van der Waals surface area (Å²) in [5.74, 6) is 2.38. The fourth-order valence-electron chi connectivity index (χ4n) is 1.91. The van der Waals surface area contributed by atoms with E-state index in [4.69, 9.17) is 51.6 Å². The van der Waals surface area contributed by atoms with Crippen LogP contribution in [0.5, 0.6) is 11.5 Å². The van der Waals surface area contributed by atoms with Crippen LogP contribution in [0.3, 0.4) is 0 Å². The van der Waals surface area contributed by atoms with Gasteiger partial charge in [-0.05, 0) is 44.0 Å². The molecule has 0 amide bonds. The van der Waals surface area contributed by atoms with E-state index < -0.39 is 0 Å². The maximum Gasteiger partial charge on any atom is 0.134 e. The van der Waals surface area contributed by atoms with Crippen LogP contribution in [0.2, 0.25) is 0 Å². The van der Waals surface area contributed by atoms with Crippen LogP contribution >= 0.6 is 55.1 Å². The monoisotopic (exact) mass is 566 g/mol. The van der Waals surface area contributed by atoms with Crippen LogP contribution in [-0.4, -0.2) is 77.8 Å². The van der Waals surface area contributed by atoms with Gasteiger partial charge in [-0.25, -0.2) is 0 Å². The summed E-state index contributed by atoms with van der Waals surface area (Å²) in [6.07, 6.45) is 0. The minimum atomic E-state index is 0.431. The molecular formula is C18H26Br2Cl2O6. The molecule has 10 heteroatoms. The van der Waals surface area contributed by atoms with Crippen molar-refractivity contribution < 1.29 is 28.4 Å². The Morgan fingerprint density at radius 3 is 1.21 bits per heavy atom. The highest BCUT2D eigenvalue weighted by molar-refractivity contribution is 9.11. The first-order valence-corrected chi connectivity index (χ1v) is 11.5. The molecule has 28 heavy (non-hydrogen) atoms. The second-order valence-electron chi connectivity index (χ2n) is 5.24. The van der Waals surface area contributed by atoms with E-state index in [0.717, 1.165) is 8.95 Å². The molecule has 0 saturated carbocycles.